The molecule has 0 aliphatic rings. The summed E-state index contributed by atoms with van der Waals surface area (Å²) >= 11 is 0. The van der Waals surface area contributed by atoms with Crippen molar-refractivity contribution in [3.8, 4) is 0 Å². The summed E-state index contributed by atoms with van der Waals surface area (Å²) in [5, 5.41) is 7.83. The van der Waals surface area contributed by atoms with E-state index in [1.54, 1.807) is 0 Å². The average Bonchev–Trinajstić information content (AvgIpc) is 1.81. The molecule has 0 amide bonds. The highest BCUT2D eigenvalue weighted by atomic mass is 17.1. The minimum absolute atomic E-state index is 0.431. The van der Waals surface area contributed by atoms with Crippen molar-refractivity contribution in [3.63, 3.8) is 0 Å². The summed E-state index contributed by atoms with van der Waals surface area (Å²) in [5.74, 6) is 0. The SMILES string of the molecule is NCCCCCOO. The van der Waals surface area contributed by atoms with Crippen LogP contribution in [0.15, 0.2) is 0 Å². The molecule has 50 valence electrons. The molecule has 0 spiro atoms. The van der Waals surface area contributed by atoms with Gasteiger partial charge in [-0.2, -0.15) is 0 Å². The third kappa shape index (κ3) is 5.88. The van der Waals surface area contributed by atoms with E-state index in [0.29, 0.717) is 6.61 Å². The molecule has 3 heteroatoms. The van der Waals surface area contributed by atoms with Crippen LogP contribution in [0.4, 0.5) is 0 Å². The van der Waals surface area contributed by atoms with Crippen LogP contribution in [-0.2, 0) is 4.89 Å². The first-order chi connectivity index (χ1) is 3.91. The fraction of sp³-hybridized carbons (Fsp3) is 1.00. The van der Waals surface area contributed by atoms with Gasteiger partial charge in [0.1, 0.15) is 0 Å². The zero-order valence-electron chi connectivity index (χ0n) is 4.97. The van der Waals surface area contributed by atoms with Gasteiger partial charge in [-0.05, 0) is 25.8 Å². The van der Waals surface area contributed by atoms with E-state index in [0.717, 1.165) is 25.8 Å². The minimum atomic E-state index is 0.431. The second kappa shape index (κ2) is 6.88. The van der Waals surface area contributed by atoms with Gasteiger partial charge in [0, 0.05) is 0 Å². The highest BCUT2D eigenvalue weighted by Crippen LogP contribution is 1.91. The van der Waals surface area contributed by atoms with Crippen LogP contribution >= 0.6 is 0 Å². The highest BCUT2D eigenvalue weighted by molar-refractivity contribution is 4.39. The average molecular weight is 119 g/mol. The van der Waals surface area contributed by atoms with Crippen LogP contribution in [-0.4, -0.2) is 18.4 Å². The molecule has 3 N–H and O–H groups in total. The van der Waals surface area contributed by atoms with Crippen molar-refractivity contribution in [1.29, 1.82) is 0 Å². The van der Waals surface area contributed by atoms with Gasteiger partial charge in [0.2, 0.25) is 0 Å². The van der Waals surface area contributed by atoms with Crippen molar-refractivity contribution in [2.45, 2.75) is 19.3 Å². The summed E-state index contributed by atoms with van der Waals surface area (Å²) in [5.41, 5.74) is 5.21. The van der Waals surface area contributed by atoms with Crippen molar-refractivity contribution in [2.24, 2.45) is 5.73 Å². The molecule has 0 aliphatic carbocycles. The fourth-order valence-electron chi connectivity index (χ4n) is 0.488. The lowest BCUT2D eigenvalue weighted by Crippen LogP contribution is -1.98. The van der Waals surface area contributed by atoms with Crippen molar-refractivity contribution >= 4 is 0 Å². The quantitative estimate of drug-likeness (QED) is 0.316. The van der Waals surface area contributed by atoms with Gasteiger partial charge >= 0.3 is 0 Å². The first-order valence-corrected chi connectivity index (χ1v) is 2.88. The number of rotatable bonds is 5. The van der Waals surface area contributed by atoms with Crippen molar-refractivity contribution in [3.05, 3.63) is 0 Å². The maximum absolute atomic E-state index is 7.83. The molecule has 0 aromatic carbocycles. The Hall–Kier alpha value is -0.120. The van der Waals surface area contributed by atoms with Crippen LogP contribution in [0.25, 0.3) is 0 Å². The van der Waals surface area contributed by atoms with Crippen LogP contribution in [0.3, 0.4) is 0 Å². The Kier molecular flexibility index (Phi) is 6.78. The largest absolute Gasteiger partial charge is 0.330 e. The molecule has 0 aromatic rings. The summed E-state index contributed by atoms with van der Waals surface area (Å²) in [4.78, 5) is 3.85. The summed E-state index contributed by atoms with van der Waals surface area (Å²) in [6.45, 7) is 1.16. The lowest BCUT2D eigenvalue weighted by atomic mass is 10.2. The van der Waals surface area contributed by atoms with Crippen molar-refractivity contribution < 1.29 is 10.1 Å². The summed E-state index contributed by atoms with van der Waals surface area (Å²) < 4.78 is 0. The van der Waals surface area contributed by atoms with Gasteiger partial charge in [0.05, 0.1) is 6.61 Å². The molecule has 0 rings (SSSR count). The number of nitrogens with two attached hydrogens (primary N) is 1. The molecule has 0 atom stereocenters. The molecule has 3 nitrogen and oxygen atoms in total. The first kappa shape index (κ1) is 7.88. The van der Waals surface area contributed by atoms with Gasteiger partial charge in [-0.1, -0.05) is 0 Å². The standard InChI is InChI=1S/C5H13NO2/c6-4-2-1-3-5-8-7/h7H,1-6H2. The zero-order valence-corrected chi connectivity index (χ0v) is 4.97. The van der Waals surface area contributed by atoms with Gasteiger partial charge in [0.25, 0.3) is 0 Å². The van der Waals surface area contributed by atoms with Gasteiger partial charge in [0.15, 0.2) is 0 Å². The Morgan fingerprint density at radius 1 is 1.25 bits per heavy atom. The fourth-order valence-corrected chi connectivity index (χ4v) is 0.488. The molecule has 0 aliphatic heterocycles. The number of hydrogen-bond acceptors (Lipinski definition) is 3. The van der Waals surface area contributed by atoms with Crippen LogP contribution in [0.5, 0.6) is 0 Å². The molecule has 0 fully saturated rings. The maximum Gasteiger partial charge on any atom is 0.0819 e. The molecule has 0 heterocycles. The molecular weight excluding hydrogens is 106 g/mol. The van der Waals surface area contributed by atoms with E-state index in [9.17, 15) is 0 Å². The van der Waals surface area contributed by atoms with E-state index in [-0.39, 0.29) is 0 Å². The molecule has 0 radical (unpaired) electrons. The molecule has 8 heavy (non-hydrogen) atoms. The summed E-state index contributed by atoms with van der Waals surface area (Å²) in [7, 11) is 0. The monoisotopic (exact) mass is 119 g/mol. The van der Waals surface area contributed by atoms with Gasteiger partial charge < -0.3 is 5.73 Å². The zero-order chi connectivity index (χ0) is 6.24. The molecule has 0 saturated heterocycles. The topological polar surface area (TPSA) is 55.5 Å². The molecule has 0 aromatic heterocycles. The van der Waals surface area contributed by atoms with E-state index in [1.807, 2.05) is 0 Å². The lowest BCUT2D eigenvalue weighted by Gasteiger charge is -1.93. The normalized spacial score (nSPS) is 9.75. The Morgan fingerprint density at radius 3 is 2.50 bits per heavy atom. The highest BCUT2D eigenvalue weighted by Gasteiger charge is 1.84. The predicted octanol–water partition coefficient (Wildman–Crippen LogP) is 0.605. The van der Waals surface area contributed by atoms with Crippen molar-refractivity contribution in [2.75, 3.05) is 13.2 Å². The Bertz CT molecular complexity index is 35.4. The molecule has 0 bridgehead atoms. The van der Waals surface area contributed by atoms with Crippen molar-refractivity contribution in [1.82, 2.24) is 0 Å². The number of unbranched alkanes of at least 4 members (excludes halogenated alkanes) is 2. The van der Waals surface area contributed by atoms with E-state index < -0.39 is 0 Å². The second-order valence-corrected chi connectivity index (χ2v) is 1.68. The lowest BCUT2D eigenvalue weighted by molar-refractivity contribution is -0.242. The summed E-state index contributed by atoms with van der Waals surface area (Å²) in [6.07, 6.45) is 2.95. The van der Waals surface area contributed by atoms with E-state index >= 15 is 0 Å². The Morgan fingerprint density at radius 2 is 2.00 bits per heavy atom. The predicted molar refractivity (Wildman–Crippen MR) is 31.5 cm³/mol. The molecule has 0 saturated carbocycles. The minimum Gasteiger partial charge on any atom is -0.330 e. The van der Waals surface area contributed by atoms with E-state index in [4.69, 9.17) is 11.0 Å². The van der Waals surface area contributed by atoms with E-state index in [2.05, 4.69) is 4.89 Å². The smallest absolute Gasteiger partial charge is 0.0819 e. The Balaban J connectivity index is 2.53. The van der Waals surface area contributed by atoms with Crippen LogP contribution < -0.4 is 5.73 Å². The summed E-state index contributed by atoms with van der Waals surface area (Å²) in [6, 6.07) is 0. The third-order valence-corrected chi connectivity index (χ3v) is 0.940. The van der Waals surface area contributed by atoms with Crippen LogP contribution in [0, 0.1) is 0 Å². The van der Waals surface area contributed by atoms with Gasteiger partial charge in [-0.25, -0.2) is 4.89 Å². The van der Waals surface area contributed by atoms with Gasteiger partial charge in [-0.3, -0.25) is 5.26 Å². The van der Waals surface area contributed by atoms with Crippen LogP contribution in [0.1, 0.15) is 19.3 Å². The van der Waals surface area contributed by atoms with E-state index in [1.165, 1.54) is 0 Å². The first-order valence-electron chi connectivity index (χ1n) is 2.88. The second-order valence-electron chi connectivity index (χ2n) is 1.68. The number of hydrogen-bond donors (Lipinski definition) is 2. The molecule has 0 unspecified atom stereocenters. The Labute approximate surface area is 49.4 Å². The van der Waals surface area contributed by atoms with Crippen LogP contribution in [0.2, 0.25) is 0 Å². The maximum atomic E-state index is 7.83. The van der Waals surface area contributed by atoms with Gasteiger partial charge in [-0.15, -0.1) is 0 Å². The third-order valence-electron chi connectivity index (χ3n) is 0.940. The molecular formula is C5H13NO2.